The van der Waals surface area contributed by atoms with Gasteiger partial charge in [0.15, 0.2) is 6.61 Å². The number of hydrogen-bond acceptors (Lipinski definition) is 5. The van der Waals surface area contributed by atoms with E-state index in [9.17, 15) is 19.2 Å². The molecule has 0 bridgehead atoms. The van der Waals surface area contributed by atoms with Crippen LogP contribution < -0.4 is 10.6 Å². The quantitative estimate of drug-likeness (QED) is 0.658. The van der Waals surface area contributed by atoms with E-state index >= 15 is 0 Å². The van der Waals surface area contributed by atoms with Gasteiger partial charge < -0.3 is 25.2 Å². The summed E-state index contributed by atoms with van der Waals surface area (Å²) >= 11 is 0. The molecule has 0 atom stereocenters. The molecule has 2 aromatic carbocycles. The van der Waals surface area contributed by atoms with Crippen LogP contribution in [0.25, 0.3) is 0 Å². The largest absolute Gasteiger partial charge is 0.452 e. The molecule has 9 nitrogen and oxygen atoms in total. The van der Waals surface area contributed by atoms with Crippen molar-refractivity contribution in [3.05, 3.63) is 60.2 Å². The number of rotatable bonds is 6. The highest BCUT2D eigenvalue weighted by molar-refractivity contribution is 5.97. The molecule has 4 rings (SSSR count). The molecule has 0 unspecified atom stereocenters. The van der Waals surface area contributed by atoms with Crippen LogP contribution in [0.2, 0.25) is 0 Å². The lowest BCUT2D eigenvalue weighted by Gasteiger charge is -2.34. The lowest BCUT2D eigenvalue weighted by Crippen LogP contribution is -2.52. The van der Waals surface area contributed by atoms with Crippen molar-refractivity contribution in [1.82, 2.24) is 9.80 Å². The highest BCUT2D eigenvalue weighted by Gasteiger charge is 2.29. The first kappa shape index (κ1) is 22.3. The summed E-state index contributed by atoms with van der Waals surface area (Å²) in [7, 11) is 0. The number of carbonyl (C=O) groups excluding carboxylic acids is 4. The maximum atomic E-state index is 12.5. The summed E-state index contributed by atoms with van der Waals surface area (Å²) in [5.41, 5.74) is 1.50. The Bertz CT molecular complexity index is 1030. The third-order valence-electron chi connectivity index (χ3n) is 5.59. The van der Waals surface area contributed by atoms with Crippen molar-refractivity contribution in [2.45, 2.75) is 12.8 Å². The number of carbonyl (C=O) groups is 4. The number of hydrogen-bond donors (Lipinski definition) is 2. The molecule has 9 heteroatoms. The maximum absolute atomic E-state index is 12.5. The topological polar surface area (TPSA) is 108 Å². The molecule has 2 N–H and O–H groups in total. The Hall–Kier alpha value is -3.88. The number of ether oxygens (including phenoxy) is 1. The molecule has 33 heavy (non-hydrogen) atoms. The fourth-order valence-electron chi connectivity index (χ4n) is 3.50. The van der Waals surface area contributed by atoms with Gasteiger partial charge in [0, 0.05) is 43.5 Å². The number of amides is 4. The summed E-state index contributed by atoms with van der Waals surface area (Å²) in [6.07, 6.45) is 1.78. The van der Waals surface area contributed by atoms with Crippen molar-refractivity contribution in [3.8, 4) is 0 Å². The molecule has 2 aromatic rings. The fourth-order valence-corrected chi connectivity index (χ4v) is 3.50. The first-order valence-electron chi connectivity index (χ1n) is 11.0. The van der Waals surface area contributed by atoms with Gasteiger partial charge in [0.2, 0.25) is 5.91 Å². The molecule has 0 radical (unpaired) electrons. The van der Waals surface area contributed by atoms with Crippen molar-refractivity contribution < 1.29 is 23.9 Å². The zero-order valence-corrected chi connectivity index (χ0v) is 18.2. The van der Waals surface area contributed by atoms with E-state index in [1.54, 1.807) is 28.0 Å². The van der Waals surface area contributed by atoms with E-state index in [2.05, 4.69) is 10.6 Å². The van der Waals surface area contributed by atoms with Gasteiger partial charge in [-0.3, -0.25) is 9.59 Å². The van der Waals surface area contributed by atoms with Crippen LogP contribution in [-0.4, -0.2) is 66.4 Å². The predicted octanol–water partition coefficient (Wildman–Crippen LogP) is 2.57. The SMILES string of the molecule is O=C(OCC(=O)N1CCN(C(=O)Nc2ccccc2)CC1)c1cccc(NC(=O)C2CC2)c1. The fraction of sp³-hybridized carbons (Fsp3) is 0.333. The van der Waals surface area contributed by atoms with Crippen LogP contribution >= 0.6 is 0 Å². The molecule has 1 aliphatic carbocycles. The lowest BCUT2D eigenvalue weighted by molar-refractivity contribution is -0.135. The van der Waals surface area contributed by atoms with Gasteiger partial charge in [0.25, 0.3) is 5.91 Å². The second kappa shape index (κ2) is 10.2. The van der Waals surface area contributed by atoms with E-state index < -0.39 is 5.97 Å². The standard InChI is InChI=1S/C24H26N4O5/c29-21(27-11-13-28(14-12-27)24(32)26-19-6-2-1-3-7-19)16-33-23(31)18-5-4-8-20(15-18)25-22(30)17-9-10-17/h1-8,15,17H,9-14,16H2,(H,25,30)(H,26,32). The summed E-state index contributed by atoms with van der Waals surface area (Å²) in [6, 6.07) is 15.4. The van der Waals surface area contributed by atoms with Gasteiger partial charge in [-0.15, -0.1) is 0 Å². The maximum Gasteiger partial charge on any atom is 0.338 e. The number of para-hydroxylation sites is 1. The van der Waals surface area contributed by atoms with Gasteiger partial charge in [-0.2, -0.15) is 0 Å². The number of urea groups is 1. The third kappa shape index (κ3) is 6.09. The third-order valence-corrected chi connectivity index (χ3v) is 5.59. The van der Waals surface area contributed by atoms with E-state index in [0.29, 0.717) is 37.6 Å². The minimum absolute atomic E-state index is 0.0488. The Morgan fingerprint density at radius 2 is 1.48 bits per heavy atom. The molecule has 0 aromatic heterocycles. The summed E-state index contributed by atoms with van der Waals surface area (Å²) in [6.45, 7) is 1.12. The normalized spacial score (nSPS) is 15.5. The van der Waals surface area contributed by atoms with Crippen molar-refractivity contribution >= 4 is 35.2 Å². The number of esters is 1. The van der Waals surface area contributed by atoms with Crippen LogP contribution in [-0.2, 0) is 14.3 Å². The molecule has 1 aliphatic heterocycles. The predicted molar refractivity (Wildman–Crippen MR) is 122 cm³/mol. The minimum Gasteiger partial charge on any atom is -0.452 e. The van der Waals surface area contributed by atoms with Crippen LogP contribution in [0.4, 0.5) is 16.2 Å². The highest BCUT2D eigenvalue weighted by Crippen LogP contribution is 2.30. The monoisotopic (exact) mass is 450 g/mol. The Morgan fingerprint density at radius 1 is 0.818 bits per heavy atom. The number of anilines is 2. The molecule has 4 amide bonds. The van der Waals surface area contributed by atoms with E-state index in [1.165, 1.54) is 6.07 Å². The number of nitrogens with zero attached hydrogens (tertiary/aromatic N) is 2. The van der Waals surface area contributed by atoms with Gasteiger partial charge in [-0.25, -0.2) is 9.59 Å². The smallest absolute Gasteiger partial charge is 0.338 e. The summed E-state index contributed by atoms with van der Waals surface area (Å²) in [5, 5.41) is 5.61. The first-order chi connectivity index (χ1) is 16.0. The van der Waals surface area contributed by atoms with Crippen LogP contribution in [0.5, 0.6) is 0 Å². The van der Waals surface area contributed by atoms with E-state index in [-0.39, 0.29) is 35.9 Å². The van der Waals surface area contributed by atoms with E-state index in [0.717, 1.165) is 12.8 Å². The number of nitrogens with one attached hydrogen (secondary N) is 2. The molecular formula is C24H26N4O5. The second-order valence-corrected chi connectivity index (χ2v) is 8.08. The average molecular weight is 450 g/mol. The summed E-state index contributed by atoms with van der Waals surface area (Å²) in [4.78, 5) is 52.3. The Kier molecular flexibility index (Phi) is 6.87. The molecule has 2 fully saturated rings. The van der Waals surface area contributed by atoms with Gasteiger partial charge in [0.1, 0.15) is 0 Å². The van der Waals surface area contributed by atoms with Crippen molar-refractivity contribution in [3.63, 3.8) is 0 Å². The van der Waals surface area contributed by atoms with Gasteiger partial charge >= 0.3 is 12.0 Å². The van der Waals surface area contributed by atoms with Gasteiger partial charge in [0.05, 0.1) is 5.56 Å². The number of benzene rings is 2. The zero-order chi connectivity index (χ0) is 23.2. The molecule has 0 spiro atoms. The van der Waals surface area contributed by atoms with Crippen molar-refractivity contribution in [1.29, 1.82) is 0 Å². The van der Waals surface area contributed by atoms with Crippen LogP contribution in [0, 0.1) is 5.92 Å². The minimum atomic E-state index is -0.633. The highest BCUT2D eigenvalue weighted by atomic mass is 16.5. The summed E-state index contributed by atoms with van der Waals surface area (Å²) in [5.74, 6) is -0.938. The van der Waals surface area contributed by atoms with Gasteiger partial charge in [-0.1, -0.05) is 24.3 Å². The lowest BCUT2D eigenvalue weighted by atomic mass is 10.2. The molecule has 1 saturated heterocycles. The zero-order valence-electron chi connectivity index (χ0n) is 18.2. The molecule has 1 saturated carbocycles. The second-order valence-electron chi connectivity index (χ2n) is 8.08. The molecular weight excluding hydrogens is 424 g/mol. The van der Waals surface area contributed by atoms with Crippen molar-refractivity contribution in [2.75, 3.05) is 43.4 Å². The Balaban J connectivity index is 1.21. The summed E-state index contributed by atoms with van der Waals surface area (Å²) < 4.78 is 5.18. The van der Waals surface area contributed by atoms with Crippen LogP contribution in [0.1, 0.15) is 23.2 Å². The Labute approximate surface area is 191 Å². The molecule has 172 valence electrons. The first-order valence-corrected chi connectivity index (χ1v) is 11.0. The molecule has 1 heterocycles. The number of piperazine rings is 1. The van der Waals surface area contributed by atoms with E-state index in [4.69, 9.17) is 4.74 Å². The Morgan fingerprint density at radius 3 is 2.18 bits per heavy atom. The van der Waals surface area contributed by atoms with Crippen LogP contribution in [0.3, 0.4) is 0 Å². The van der Waals surface area contributed by atoms with Gasteiger partial charge in [-0.05, 0) is 43.2 Å². The average Bonchev–Trinajstić information content (AvgIpc) is 3.69. The van der Waals surface area contributed by atoms with Crippen LogP contribution in [0.15, 0.2) is 54.6 Å². The van der Waals surface area contributed by atoms with E-state index in [1.807, 2.05) is 30.3 Å². The molecule has 2 aliphatic rings. The van der Waals surface area contributed by atoms with Crippen molar-refractivity contribution in [2.24, 2.45) is 5.92 Å².